The van der Waals surface area contributed by atoms with Gasteiger partial charge in [-0.3, -0.25) is 20.4 Å². The average Bonchev–Trinajstić information content (AvgIpc) is 2.80. The second-order valence-electron chi connectivity index (χ2n) is 6.71. The number of carbonyl (C=O) groups excluding carboxylic acids is 2. The predicted octanol–water partition coefficient (Wildman–Crippen LogP) is 1.97. The molecular formula is C20H22ClN3O6S2. The molecule has 0 bridgehead atoms. The number of ether oxygens (including phenoxy) is 2. The topological polar surface area (TPSA) is 123 Å². The van der Waals surface area contributed by atoms with Crippen molar-refractivity contribution in [3.05, 3.63) is 53.1 Å². The zero-order chi connectivity index (χ0) is 23.1. The Hall–Kier alpha value is -2.47. The first-order valence-electron chi connectivity index (χ1n) is 9.57. The molecule has 0 spiro atoms. The maximum Gasteiger partial charge on any atom is 0.269 e. The van der Waals surface area contributed by atoms with Gasteiger partial charge >= 0.3 is 0 Å². The molecule has 12 heteroatoms. The Morgan fingerprint density at radius 2 is 1.75 bits per heavy atom. The van der Waals surface area contributed by atoms with Crippen LogP contribution in [-0.4, -0.2) is 51.5 Å². The van der Waals surface area contributed by atoms with Crippen molar-refractivity contribution in [1.82, 2.24) is 15.6 Å². The summed E-state index contributed by atoms with van der Waals surface area (Å²) < 4.78 is 39.0. The molecule has 0 aliphatic carbocycles. The summed E-state index contributed by atoms with van der Waals surface area (Å²) >= 11 is 7.26. The smallest absolute Gasteiger partial charge is 0.269 e. The van der Waals surface area contributed by atoms with Crippen LogP contribution in [0.15, 0.2) is 47.4 Å². The van der Waals surface area contributed by atoms with Crippen LogP contribution in [0.4, 0.5) is 0 Å². The number of rotatable bonds is 8. The number of amides is 2. The van der Waals surface area contributed by atoms with Crippen molar-refractivity contribution in [2.45, 2.75) is 17.4 Å². The summed E-state index contributed by atoms with van der Waals surface area (Å²) in [6.45, 7) is 0.700. The van der Waals surface area contributed by atoms with Gasteiger partial charge in [-0.2, -0.15) is 16.5 Å². The third-order valence-electron chi connectivity index (χ3n) is 4.45. The van der Waals surface area contributed by atoms with E-state index in [-0.39, 0.29) is 16.9 Å². The number of fused-ring (bicyclic) bond motifs is 1. The molecule has 0 fully saturated rings. The first-order valence-corrected chi connectivity index (χ1v) is 12.8. The highest BCUT2D eigenvalue weighted by molar-refractivity contribution is 7.98. The predicted molar refractivity (Wildman–Crippen MR) is 122 cm³/mol. The van der Waals surface area contributed by atoms with E-state index in [1.165, 1.54) is 42.1 Å². The van der Waals surface area contributed by atoms with E-state index in [0.717, 1.165) is 0 Å². The van der Waals surface area contributed by atoms with Crippen LogP contribution in [0.2, 0.25) is 5.02 Å². The highest BCUT2D eigenvalue weighted by Crippen LogP contribution is 2.32. The minimum atomic E-state index is -4.05. The Labute approximate surface area is 195 Å². The van der Waals surface area contributed by atoms with E-state index in [2.05, 4.69) is 15.6 Å². The maximum atomic E-state index is 12.9. The largest absolute Gasteiger partial charge is 0.486 e. The van der Waals surface area contributed by atoms with Gasteiger partial charge in [0.15, 0.2) is 11.5 Å². The highest BCUT2D eigenvalue weighted by Gasteiger charge is 2.27. The second-order valence-corrected chi connectivity index (χ2v) is 9.85. The van der Waals surface area contributed by atoms with Crippen LogP contribution >= 0.6 is 23.4 Å². The van der Waals surface area contributed by atoms with Crippen LogP contribution in [0.5, 0.6) is 11.5 Å². The van der Waals surface area contributed by atoms with Gasteiger partial charge in [-0.1, -0.05) is 11.6 Å². The van der Waals surface area contributed by atoms with E-state index < -0.39 is 27.9 Å². The second kappa shape index (κ2) is 10.9. The lowest BCUT2D eigenvalue weighted by Gasteiger charge is -2.21. The van der Waals surface area contributed by atoms with Crippen molar-refractivity contribution in [2.24, 2.45) is 0 Å². The van der Waals surface area contributed by atoms with Crippen molar-refractivity contribution in [1.29, 1.82) is 0 Å². The van der Waals surface area contributed by atoms with Gasteiger partial charge in [0, 0.05) is 16.7 Å². The molecule has 1 aliphatic rings. The molecule has 3 N–H and O–H groups in total. The number of hydrogen-bond donors (Lipinski definition) is 3. The lowest BCUT2D eigenvalue weighted by molar-refractivity contribution is -0.123. The molecule has 0 saturated heterocycles. The Bertz CT molecular complexity index is 1080. The fraction of sp³-hybridized carbons (Fsp3) is 0.300. The lowest BCUT2D eigenvalue weighted by atomic mass is 10.2. The molecule has 1 atom stereocenters. The summed E-state index contributed by atoms with van der Waals surface area (Å²) in [4.78, 5) is 24.8. The normalized spacial score (nSPS) is 13.8. The molecule has 2 amide bonds. The minimum Gasteiger partial charge on any atom is -0.486 e. The van der Waals surface area contributed by atoms with E-state index in [9.17, 15) is 18.0 Å². The van der Waals surface area contributed by atoms with Crippen LogP contribution in [0.3, 0.4) is 0 Å². The van der Waals surface area contributed by atoms with Gasteiger partial charge in [0.25, 0.3) is 11.8 Å². The number of benzene rings is 2. The van der Waals surface area contributed by atoms with Gasteiger partial charge in [-0.25, -0.2) is 8.42 Å². The Morgan fingerprint density at radius 3 is 2.44 bits per heavy atom. The van der Waals surface area contributed by atoms with E-state index in [1.54, 1.807) is 12.1 Å². The first kappa shape index (κ1) is 24.2. The van der Waals surface area contributed by atoms with Crippen molar-refractivity contribution < 1.29 is 27.5 Å². The molecule has 1 heterocycles. The molecule has 0 saturated carbocycles. The van der Waals surface area contributed by atoms with Gasteiger partial charge in [0.05, 0.1) is 4.90 Å². The summed E-state index contributed by atoms with van der Waals surface area (Å²) in [7, 11) is -4.05. The number of hydrogen-bond acceptors (Lipinski definition) is 7. The maximum absolute atomic E-state index is 12.9. The quantitative estimate of drug-likeness (QED) is 0.474. The molecule has 32 heavy (non-hydrogen) atoms. The highest BCUT2D eigenvalue weighted by atomic mass is 35.5. The molecule has 2 aromatic rings. The number of nitrogens with one attached hydrogen (secondary N) is 3. The number of halogens is 1. The summed E-state index contributed by atoms with van der Waals surface area (Å²) in [6.07, 6.45) is 2.06. The van der Waals surface area contributed by atoms with Crippen LogP contribution in [0.1, 0.15) is 16.8 Å². The molecule has 1 unspecified atom stereocenters. The van der Waals surface area contributed by atoms with Crippen LogP contribution < -0.4 is 25.0 Å². The van der Waals surface area contributed by atoms with E-state index in [4.69, 9.17) is 21.1 Å². The molecule has 1 aliphatic heterocycles. The molecule has 2 aromatic carbocycles. The molecular weight excluding hydrogens is 478 g/mol. The number of carbonyl (C=O) groups is 2. The summed E-state index contributed by atoms with van der Waals surface area (Å²) in [5.74, 6) is 0.0411. The third kappa shape index (κ3) is 6.28. The molecule has 0 radical (unpaired) electrons. The SMILES string of the molecule is CSCCC(NS(=O)(=O)c1ccc2c(c1)OCCO2)C(=O)NNC(=O)c1ccc(Cl)cc1. The third-order valence-corrected chi connectivity index (χ3v) is 6.82. The summed E-state index contributed by atoms with van der Waals surface area (Å²) in [5, 5.41) is 0.469. The lowest BCUT2D eigenvalue weighted by Crippen LogP contribution is -2.52. The molecule has 0 aromatic heterocycles. The fourth-order valence-electron chi connectivity index (χ4n) is 2.80. The van der Waals surface area contributed by atoms with E-state index in [0.29, 0.717) is 35.5 Å². The van der Waals surface area contributed by atoms with Crippen molar-refractivity contribution >= 4 is 45.2 Å². The van der Waals surface area contributed by atoms with Crippen LogP contribution in [0, 0.1) is 0 Å². The zero-order valence-electron chi connectivity index (χ0n) is 17.1. The minimum absolute atomic E-state index is 0.0612. The Balaban J connectivity index is 1.68. The Kier molecular flexibility index (Phi) is 8.24. The summed E-state index contributed by atoms with van der Waals surface area (Å²) in [6, 6.07) is 9.21. The van der Waals surface area contributed by atoms with Crippen LogP contribution in [0.25, 0.3) is 0 Å². The van der Waals surface area contributed by atoms with Crippen molar-refractivity contribution in [3.63, 3.8) is 0 Å². The van der Waals surface area contributed by atoms with E-state index >= 15 is 0 Å². The van der Waals surface area contributed by atoms with Gasteiger partial charge in [0.1, 0.15) is 19.3 Å². The average molecular weight is 500 g/mol. The van der Waals surface area contributed by atoms with Gasteiger partial charge in [-0.05, 0) is 54.8 Å². The standard InChI is InChI=1S/C20H22ClN3O6S2/c1-31-11-8-16(20(26)23-22-19(25)13-2-4-14(21)5-3-13)24-32(27,28)15-6-7-17-18(12-15)30-10-9-29-17/h2-7,12,16,24H,8-11H2,1H3,(H,22,25)(H,23,26). The van der Waals surface area contributed by atoms with Gasteiger partial charge in [-0.15, -0.1) is 0 Å². The number of thioether (sulfide) groups is 1. The van der Waals surface area contributed by atoms with Gasteiger partial charge < -0.3 is 9.47 Å². The molecule has 172 valence electrons. The first-order chi connectivity index (χ1) is 15.3. The monoisotopic (exact) mass is 499 g/mol. The summed E-state index contributed by atoms with van der Waals surface area (Å²) in [5.41, 5.74) is 4.84. The number of hydrazine groups is 1. The number of sulfonamides is 1. The van der Waals surface area contributed by atoms with Crippen molar-refractivity contribution in [2.75, 3.05) is 25.2 Å². The molecule has 3 rings (SSSR count). The zero-order valence-corrected chi connectivity index (χ0v) is 19.5. The molecule has 9 nitrogen and oxygen atoms in total. The Morgan fingerprint density at radius 1 is 1.06 bits per heavy atom. The van der Waals surface area contributed by atoms with Gasteiger partial charge in [0.2, 0.25) is 10.0 Å². The van der Waals surface area contributed by atoms with Crippen molar-refractivity contribution in [3.8, 4) is 11.5 Å². The van der Waals surface area contributed by atoms with E-state index in [1.807, 2.05) is 6.26 Å². The fourth-order valence-corrected chi connectivity index (χ4v) is 4.65. The van der Waals surface area contributed by atoms with Crippen LogP contribution in [-0.2, 0) is 14.8 Å².